The highest BCUT2D eigenvalue weighted by atomic mass is 35.5. The summed E-state index contributed by atoms with van der Waals surface area (Å²) in [5, 5.41) is 0.654. The molecule has 0 bridgehead atoms. The van der Waals surface area contributed by atoms with Gasteiger partial charge in [-0.3, -0.25) is 9.17 Å². The molecule has 12 heteroatoms. The van der Waals surface area contributed by atoms with Gasteiger partial charge < -0.3 is 4.90 Å². The van der Waals surface area contributed by atoms with E-state index in [1.807, 2.05) is 28.6 Å². The molecule has 0 N–H and O–H groups in total. The van der Waals surface area contributed by atoms with Crippen LogP contribution >= 0.6 is 22.9 Å². The lowest BCUT2D eigenvalue weighted by Crippen LogP contribution is -2.56. The monoisotopic (exact) mass is 637 g/mol. The molecule has 2 fully saturated rings. The van der Waals surface area contributed by atoms with Crippen LogP contribution in [0, 0.1) is 0 Å². The summed E-state index contributed by atoms with van der Waals surface area (Å²) in [5.41, 5.74) is 4.73. The van der Waals surface area contributed by atoms with Crippen LogP contribution < -0.4 is 4.90 Å². The number of benzene rings is 1. The number of thiophene rings is 1. The molecule has 222 valence electrons. The fourth-order valence-electron chi connectivity index (χ4n) is 6.66. The number of pyridine rings is 1. The summed E-state index contributed by atoms with van der Waals surface area (Å²) in [7, 11) is -7.05. The topological polar surface area (TPSA) is 96.9 Å². The smallest absolute Gasteiger partial charge is 0.264 e. The third-order valence-electron chi connectivity index (χ3n) is 8.76. The Balaban J connectivity index is 1.43. The maximum atomic E-state index is 13.8. The first-order valence-corrected chi connectivity index (χ1v) is 18.5. The Kier molecular flexibility index (Phi) is 7.27. The van der Waals surface area contributed by atoms with Gasteiger partial charge in [-0.2, -0.15) is 12.7 Å². The molecule has 1 saturated carbocycles. The summed E-state index contributed by atoms with van der Waals surface area (Å²) in [6, 6.07) is 7.96. The number of sulfonamides is 1. The molecule has 8 nitrogen and oxygen atoms in total. The molecule has 1 aliphatic carbocycles. The van der Waals surface area contributed by atoms with Gasteiger partial charge in [0.2, 0.25) is 10.0 Å². The first kappa shape index (κ1) is 29.3. The Bertz CT molecular complexity index is 1730. The number of rotatable bonds is 6. The van der Waals surface area contributed by atoms with Gasteiger partial charge in [-0.25, -0.2) is 8.42 Å². The zero-order chi connectivity index (χ0) is 29.4. The van der Waals surface area contributed by atoms with Crippen molar-refractivity contribution in [3.05, 3.63) is 45.9 Å². The lowest BCUT2D eigenvalue weighted by Gasteiger charge is -2.46. The van der Waals surface area contributed by atoms with Gasteiger partial charge in [0.1, 0.15) is 6.61 Å². The minimum atomic E-state index is -3.57. The van der Waals surface area contributed by atoms with E-state index in [4.69, 9.17) is 15.8 Å². The van der Waals surface area contributed by atoms with Crippen molar-refractivity contribution < 1.29 is 21.0 Å². The Morgan fingerprint density at radius 2 is 1.88 bits per heavy atom. The number of fused-ring (bicyclic) bond motifs is 2. The van der Waals surface area contributed by atoms with Crippen molar-refractivity contribution in [3.63, 3.8) is 0 Å². The summed E-state index contributed by atoms with van der Waals surface area (Å²) >= 11 is 8.17. The van der Waals surface area contributed by atoms with Gasteiger partial charge in [0.05, 0.1) is 21.2 Å². The van der Waals surface area contributed by atoms with Crippen molar-refractivity contribution in [2.24, 2.45) is 0 Å². The number of anilines is 1. The SMILES string of the molecule is CC(C)(C)S(=O)(=O)N1CC(N2CCCc3cc(Cl)cc(-c4ccnc5cc(COS(C)(=O)=O)sc45)c32)CC12CCC2. The Hall–Kier alpha value is -1.76. The highest BCUT2D eigenvalue weighted by molar-refractivity contribution is 7.90. The summed E-state index contributed by atoms with van der Waals surface area (Å²) < 4.78 is 57.7. The van der Waals surface area contributed by atoms with E-state index in [1.165, 1.54) is 16.9 Å². The van der Waals surface area contributed by atoms with Crippen LogP contribution in [0.15, 0.2) is 30.5 Å². The van der Waals surface area contributed by atoms with Crippen LogP contribution in [0.5, 0.6) is 0 Å². The molecule has 0 radical (unpaired) electrons. The normalized spacial score (nSPS) is 21.4. The van der Waals surface area contributed by atoms with Crippen molar-refractivity contribution in [2.45, 2.75) is 82.2 Å². The second kappa shape index (κ2) is 10.2. The molecular weight excluding hydrogens is 602 g/mol. The molecule has 1 saturated heterocycles. The molecule has 2 aliphatic heterocycles. The van der Waals surface area contributed by atoms with Crippen molar-refractivity contribution in [3.8, 4) is 11.1 Å². The van der Waals surface area contributed by atoms with Gasteiger partial charge >= 0.3 is 0 Å². The molecule has 1 atom stereocenters. The quantitative estimate of drug-likeness (QED) is 0.307. The van der Waals surface area contributed by atoms with E-state index in [0.717, 1.165) is 83.2 Å². The second-order valence-electron chi connectivity index (χ2n) is 12.6. The fraction of sp³-hybridized carbons (Fsp3) is 0.552. The Morgan fingerprint density at radius 3 is 2.54 bits per heavy atom. The average molecular weight is 638 g/mol. The van der Waals surface area contributed by atoms with Gasteiger partial charge in [-0.15, -0.1) is 11.3 Å². The van der Waals surface area contributed by atoms with Crippen molar-refractivity contribution in [1.82, 2.24) is 9.29 Å². The second-order valence-corrected chi connectivity index (χ2v) is 18.4. The molecule has 1 aromatic carbocycles. The van der Waals surface area contributed by atoms with E-state index in [9.17, 15) is 16.8 Å². The lowest BCUT2D eigenvalue weighted by atomic mass is 9.75. The molecule has 3 aromatic rings. The zero-order valence-electron chi connectivity index (χ0n) is 23.8. The summed E-state index contributed by atoms with van der Waals surface area (Å²) in [6.45, 7) is 6.67. The lowest BCUT2D eigenvalue weighted by molar-refractivity contribution is 0.125. The highest BCUT2D eigenvalue weighted by Crippen LogP contribution is 2.52. The van der Waals surface area contributed by atoms with Gasteiger partial charge in [-0.1, -0.05) is 11.6 Å². The molecular formula is C29H36ClN3O5S3. The van der Waals surface area contributed by atoms with E-state index in [2.05, 4.69) is 9.88 Å². The van der Waals surface area contributed by atoms with Crippen molar-refractivity contribution in [2.75, 3.05) is 24.2 Å². The maximum Gasteiger partial charge on any atom is 0.264 e. The van der Waals surface area contributed by atoms with Crippen LogP contribution in [-0.2, 0) is 37.4 Å². The third-order valence-corrected chi connectivity index (χ3v) is 13.3. The fourth-order valence-corrected chi connectivity index (χ4v) is 10.2. The maximum absolute atomic E-state index is 13.8. The van der Waals surface area contributed by atoms with Crippen molar-refractivity contribution >= 4 is 59.0 Å². The number of halogens is 1. The average Bonchev–Trinajstić information content (AvgIpc) is 3.48. The number of nitrogens with zero attached hydrogens (tertiary/aromatic N) is 3. The van der Waals surface area contributed by atoms with E-state index in [-0.39, 0.29) is 18.2 Å². The first-order valence-electron chi connectivity index (χ1n) is 14.0. The molecule has 0 amide bonds. The van der Waals surface area contributed by atoms with Gasteiger partial charge in [0.25, 0.3) is 10.1 Å². The number of hydrogen-bond acceptors (Lipinski definition) is 8. The number of aromatic nitrogens is 1. The molecule has 4 heterocycles. The van der Waals surface area contributed by atoms with Crippen LogP contribution in [0.2, 0.25) is 5.02 Å². The van der Waals surface area contributed by atoms with Crippen LogP contribution in [0.1, 0.15) is 63.3 Å². The predicted octanol–water partition coefficient (Wildman–Crippen LogP) is 5.97. The van der Waals surface area contributed by atoms with Crippen LogP contribution in [0.3, 0.4) is 0 Å². The Labute approximate surface area is 251 Å². The molecule has 6 rings (SSSR count). The van der Waals surface area contributed by atoms with Crippen molar-refractivity contribution in [1.29, 1.82) is 0 Å². The standard InChI is InChI=1S/C29H36ClN3O5S3/c1-28(2,3)41(36,37)33-17-21(16-29(33)9-6-10-29)32-12-5-7-19-13-20(30)14-24(26(19)32)23-8-11-31-25-15-22(39-27(23)25)18-38-40(4,34)35/h8,11,13-15,21H,5-7,9-10,12,16-18H2,1-4H3. The summed E-state index contributed by atoms with van der Waals surface area (Å²) in [6.07, 6.45) is 8.37. The molecule has 41 heavy (non-hydrogen) atoms. The number of hydrogen-bond donors (Lipinski definition) is 0. The largest absolute Gasteiger partial charge is 0.366 e. The predicted molar refractivity (Wildman–Crippen MR) is 166 cm³/mol. The van der Waals surface area contributed by atoms with Crippen LogP contribution in [0.4, 0.5) is 5.69 Å². The van der Waals surface area contributed by atoms with E-state index >= 15 is 0 Å². The number of aryl methyl sites for hydroxylation is 1. The van der Waals surface area contributed by atoms with Gasteiger partial charge in [0, 0.05) is 57.6 Å². The summed E-state index contributed by atoms with van der Waals surface area (Å²) in [4.78, 5) is 7.75. The molecule has 3 aliphatic rings. The minimum absolute atomic E-state index is 0.0404. The zero-order valence-corrected chi connectivity index (χ0v) is 27.0. The van der Waals surface area contributed by atoms with E-state index in [0.29, 0.717) is 11.6 Å². The van der Waals surface area contributed by atoms with Crippen LogP contribution in [0.25, 0.3) is 21.3 Å². The summed E-state index contributed by atoms with van der Waals surface area (Å²) in [5.74, 6) is 0. The highest BCUT2D eigenvalue weighted by Gasteiger charge is 2.57. The third kappa shape index (κ3) is 5.20. The van der Waals surface area contributed by atoms with Crippen LogP contribution in [-0.4, -0.2) is 61.8 Å². The minimum Gasteiger partial charge on any atom is -0.366 e. The van der Waals surface area contributed by atoms with Gasteiger partial charge in [0.15, 0.2) is 0 Å². The molecule has 1 unspecified atom stereocenters. The van der Waals surface area contributed by atoms with E-state index < -0.39 is 24.9 Å². The Morgan fingerprint density at radius 1 is 1.12 bits per heavy atom. The van der Waals surface area contributed by atoms with E-state index in [1.54, 1.807) is 27.0 Å². The molecule has 1 spiro atoms. The molecule has 2 aromatic heterocycles. The first-order chi connectivity index (χ1) is 19.2. The van der Waals surface area contributed by atoms with Gasteiger partial charge in [-0.05, 0) is 89.1 Å².